The summed E-state index contributed by atoms with van der Waals surface area (Å²) in [5, 5.41) is 8.19. The Morgan fingerprint density at radius 3 is 2.81 bits per heavy atom. The molecule has 0 aliphatic carbocycles. The largest absolute Gasteiger partial charge is 0.379 e. The fourth-order valence-electron chi connectivity index (χ4n) is 4.02. The van der Waals surface area contributed by atoms with Gasteiger partial charge in [0.2, 0.25) is 5.91 Å². The summed E-state index contributed by atoms with van der Waals surface area (Å²) in [4.78, 5) is 32.6. The number of aromatic nitrogens is 4. The first-order valence-corrected chi connectivity index (χ1v) is 11.5. The number of rotatable bonds is 6. The average Bonchev–Trinajstić information content (AvgIpc) is 3.40. The number of benzene rings is 1. The molecule has 1 saturated heterocycles. The number of halogens is 1. The maximum absolute atomic E-state index is 13.3. The van der Waals surface area contributed by atoms with Crippen LogP contribution in [0, 0.1) is 5.82 Å². The minimum absolute atomic E-state index is 0.0780. The average molecular weight is 459 g/mol. The Kier molecular flexibility index (Phi) is 5.94. The molecule has 1 fully saturated rings. The zero-order valence-corrected chi connectivity index (χ0v) is 18.2. The second kappa shape index (κ2) is 9.00. The molecular weight excluding hydrogens is 435 g/mol. The van der Waals surface area contributed by atoms with E-state index < -0.39 is 0 Å². The standard InChI is InChI=1S/C21H23FN6O3S/c22-14-1-3-15(4-2-14)28-19-17(12-24-28)20(30)27-16(13-32-21(27)25-19)11-18(29)23-5-6-26-7-9-31-10-8-26/h1-4,12,16H,5-11,13H2,(H,23,29). The summed E-state index contributed by atoms with van der Waals surface area (Å²) in [5.41, 5.74) is 0.836. The molecule has 1 atom stereocenters. The monoisotopic (exact) mass is 458 g/mol. The third kappa shape index (κ3) is 4.15. The van der Waals surface area contributed by atoms with Gasteiger partial charge in [-0.2, -0.15) is 5.10 Å². The lowest BCUT2D eigenvalue weighted by Gasteiger charge is -2.26. The van der Waals surface area contributed by atoms with Gasteiger partial charge in [-0.15, -0.1) is 0 Å². The van der Waals surface area contributed by atoms with Gasteiger partial charge in [-0.3, -0.25) is 19.1 Å². The molecule has 2 aromatic heterocycles. The van der Waals surface area contributed by atoms with Gasteiger partial charge in [0.25, 0.3) is 5.56 Å². The minimum atomic E-state index is -0.347. The van der Waals surface area contributed by atoms with E-state index in [4.69, 9.17) is 4.74 Å². The summed E-state index contributed by atoms with van der Waals surface area (Å²) in [7, 11) is 0. The molecule has 3 aromatic rings. The van der Waals surface area contributed by atoms with Gasteiger partial charge in [0.05, 0.1) is 31.1 Å². The molecule has 32 heavy (non-hydrogen) atoms. The quantitative estimate of drug-likeness (QED) is 0.555. The molecule has 0 bridgehead atoms. The molecule has 1 aromatic carbocycles. The van der Waals surface area contributed by atoms with Crippen LogP contribution >= 0.6 is 11.8 Å². The summed E-state index contributed by atoms with van der Waals surface area (Å²) in [5.74, 6) is 0.182. The first-order chi connectivity index (χ1) is 15.6. The smallest absolute Gasteiger partial charge is 0.265 e. The van der Waals surface area contributed by atoms with Crippen LogP contribution in [0.25, 0.3) is 16.7 Å². The van der Waals surface area contributed by atoms with Gasteiger partial charge in [-0.25, -0.2) is 14.1 Å². The van der Waals surface area contributed by atoms with Crippen LogP contribution in [0.1, 0.15) is 12.5 Å². The molecule has 0 spiro atoms. The molecule has 1 N–H and O–H groups in total. The number of morpholine rings is 1. The molecule has 168 valence electrons. The third-order valence-corrected chi connectivity index (χ3v) is 6.81. The van der Waals surface area contributed by atoms with Crippen molar-refractivity contribution in [1.82, 2.24) is 29.5 Å². The van der Waals surface area contributed by atoms with E-state index in [9.17, 15) is 14.0 Å². The van der Waals surface area contributed by atoms with Crippen molar-refractivity contribution in [3.8, 4) is 5.69 Å². The fraction of sp³-hybridized carbons (Fsp3) is 0.429. The molecule has 2 aliphatic rings. The number of amides is 1. The highest BCUT2D eigenvalue weighted by Crippen LogP contribution is 2.33. The molecule has 9 nitrogen and oxygen atoms in total. The highest BCUT2D eigenvalue weighted by Gasteiger charge is 2.29. The van der Waals surface area contributed by atoms with Crippen molar-refractivity contribution in [2.75, 3.05) is 45.1 Å². The van der Waals surface area contributed by atoms with Crippen LogP contribution in [0.15, 0.2) is 40.4 Å². The maximum Gasteiger partial charge on any atom is 0.265 e. The minimum Gasteiger partial charge on any atom is -0.379 e. The Balaban J connectivity index is 1.30. The highest BCUT2D eigenvalue weighted by molar-refractivity contribution is 7.99. The topological polar surface area (TPSA) is 94.3 Å². The van der Waals surface area contributed by atoms with E-state index in [1.165, 1.54) is 34.8 Å². The van der Waals surface area contributed by atoms with Crippen molar-refractivity contribution in [2.24, 2.45) is 0 Å². The Bertz CT molecular complexity index is 1190. The van der Waals surface area contributed by atoms with Crippen LogP contribution in [-0.2, 0) is 9.53 Å². The summed E-state index contributed by atoms with van der Waals surface area (Å²) in [6, 6.07) is 5.60. The second-order valence-electron chi connectivity index (χ2n) is 7.81. The van der Waals surface area contributed by atoms with Gasteiger partial charge in [-0.05, 0) is 24.3 Å². The molecular formula is C21H23FN6O3S. The van der Waals surface area contributed by atoms with E-state index in [2.05, 4.69) is 20.3 Å². The number of nitrogens with one attached hydrogen (secondary N) is 1. The predicted molar refractivity (Wildman–Crippen MR) is 118 cm³/mol. The van der Waals surface area contributed by atoms with Crippen LogP contribution in [0.2, 0.25) is 0 Å². The number of carbonyl (C=O) groups is 1. The summed E-state index contributed by atoms with van der Waals surface area (Å²) >= 11 is 1.45. The fourth-order valence-corrected chi connectivity index (χ4v) is 5.15. The van der Waals surface area contributed by atoms with Crippen molar-refractivity contribution < 1.29 is 13.9 Å². The number of nitrogens with zero attached hydrogens (tertiary/aromatic N) is 5. The van der Waals surface area contributed by atoms with Crippen LogP contribution in [0.4, 0.5) is 4.39 Å². The molecule has 11 heteroatoms. The van der Waals surface area contributed by atoms with Gasteiger partial charge >= 0.3 is 0 Å². The van der Waals surface area contributed by atoms with E-state index in [0.29, 0.717) is 34.2 Å². The highest BCUT2D eigenvalue weighted by atomic mass is 32.2. The lowest BCUT2D eigenvalue weighted by molar-refractivity contribution is -0.121. The van der Waals surface area contributed by atoms with E-state index in [0.717, 1.165) is 32.8 Å². The molecule has 0 radical (unpaired) electrons. The van der Waals surface area contributed by atoms with Crippen molar-refractivity contribution in [1.29, 1.82) is 0 Å². The lowest BCUT2D eigenvalue weighted by atomic mass is 10.2. The Labute approximate surface area is 187 Å². The SMILES string of the molecule is O=C(CC1CSc2nc3c(cnn3-c3ccc(F)cc3)c(=O)n21)NCCN1CCOCC1. The number of fused-ring (bicyclic) bond motifs is 2. The van der Waals surface area contributed by atoms with Gasteiger partial charge < -0.3 is 10.1 Å². The van der Waals surface area contributed by atoms with Gasteiger partial charge in [0, 0.05) is 38.4 Å². The number of hydrogen-bond donors (Lipinski definition) is 1. The van der Waals surface area contributed by atoms with E-state index in [-0.39, 0.29) is 29.7 Å². The molecule has 5 rings (SSSR count). The van der Waals surface area contributed by atoms with Crippen LogP contribution < -0.4 is 10.9 Å². The predicted octanol–water partition coefficient (Wildman–Crippen LogP) is 1.21. The summed E-state index contributed by atoms with van der Waals surface area (Å²) in [6.07, 6.45) is 1.70. The van der Waals surface area contributed by atoms with E-state index in [1.54, 1.807) is 16.7 Å². The van der Waals surface area contributed by atoms with Crippen LogP contribution in [0.3, 0.4) is 0 Å². The van der Waals surface area contributed by atoms with Gasteiger partial charge in [0.15, 0.2) is 10.8 Å². The third-order valence-electron chi connectivity index (χ3n) is 5.72. The zero-order chi connectivity index (χ0) is 22.1. The first kappa shape index (κ1) is 21.1. The van der Waals surface area contributed by atoms with Crippen LogP contribution in [0.5, 0.6) is 0 Å². The lowest BCUT2D eigenvalue weighted by Crippen LogP contribution is -2.41. The zero-order valence-electron chi connectivity index (χ0n) is 17.4. The Morgan fingerprint density at radius 2 is 2.03 bits per heavy atom. The summed E-state index contributed by atoms with van der Waals surface area (Å²) < 4.78 is 21.7. The van der Waals surface area contributed by atoms with Crippen LogP contribution in [-0.4, -0.2) is 75.3 Å². The second-order valence-corrected chi connectivity index (χ2v) is 8.80. The Hall–Kier alpha value is -2.76. The number of thioether (sulfide) groups is 1. The molecule has 1 unspecified atom stereocenters. The number of carbonyl (C=O) groups excluding carboxylic acids is 1. The van der Waals surface area contributed by atoms with Crippen molar-refractivity contribution in [2.45, 2.75) is 17.6 Å². The van der Waals surface area contributed by atoms with Crippen molar-refractivity contribution >= 4 is 28.7 Å². The van der Waals surface area contributed by atoms with Gasteiger partial charge in [0.1, 0.15) is 11.2 Å². The van der Waals surface area contributed by atoms with E-state index >= 15 is 0 Å². The molecule has 0 saturated carbocycles. The number of ether oxygens (including phenoxy) is 1. The first-order valence-electron chi connectivity index (χ1n) is 10.6. The van der Waals surface area contributed by atoms with Gasteiger partial charge in [-0.1, -0.05) is 11.8 Å². The molecule has 4 heterocycles. The number of hydrogen-bond acceptors (Lipinski definition) is 7. The Morgan fingerprint density at radius 1 is 1.25 bits per heavy atom. The van der Waals surface area contributed by atoms with Crippen molar-refractivity contribution in [3.05, 3.63) is 46.6 Å². The molecule has 1 amide bonds. The van der Waals surface area contributed by atoms with Crippen molar-refractivity contribution in [3.63, 3.8) is 0 Å². The normalized spacial score (nSPS) is 18.7. The van der Waals surface area contributed by atoms with E-state index in [1.807, 2.05) is 0 Å². The molecule has 2 aliphatic heterocycles. The summed E-state index contributed by atoms with van der Waals surface area (Å²) in [6.45, 7) is 4.58. The maximum atomic E-state index is 13.3.